The highest BCUT2D eigenvalue weighted by Crippen LogP contribution is 2.30. The first-order valence-electron chi connectivity index (χ1n) is 10.1. The van der Waals surface area contributed by atoms with Crippen LogP contribution in [-0.4, -0.2) is 13.3 Å². The van der Waals surface area contributed by atoms with Crippen LogP contribution < -0.4 is 4.74 Å². The van der Waals surface area contributed by atoms with Gasteiger partial charge in [-0.05, 0) is 68.7 Å². The highest BCUT2D eigenvalue weighted by atomic mass is 19.2. The molecule has 28 heavy (non-hydrogen) atoms. The Balaban J connectivity index is 1.82. The predicted molar refractivity (Wildman–Crippen MR) is 109 cm³/mol. The first kappa shape index (κ1) is 22.1. The van der Waals surface area contributed by atoms with Crippen molar-refractivity contribution in [3.8, 4) is 16.9 Å². The van der Waals surface area contributed by atoms with E-state index in [0.717, 1.165) is 38.5 Å². The second kappa shape index (κ2) is 12.3. The van der Waals surface area contributed by atoms with Gasteiger partial charge in [0, 0.05) is 5.56 Å². The standard InChI is InChI=1S/C24H29F3O/c1-2-28-22-17-16-21(23(26)24(22)27)20-14-12-19(13-15-20)11-9-7-5-3-4-6-8-10-18-25/h4,6,12-17H,2-3,5,7-11,18H2,1H3/b6-4+. The van der Waals surface area contributed by atoms with E-state index in [1.54, 1.807) is 13.0 Å². The van der Waals surface area contributed by atoms with Crippen LogP contribution in [0.15, 0.2) is 48.6 Å². The molecule has 0 aliphatic rings. The summed E-state index contributed by atoms with van der Waals surface area (Å²) in [6.07, 6.45) is 11.0. The fourth-order valence-corrected chi connectivity index (χ4v) is 3.07. The van der Waals surface area contributed by atoms with Crippen LogP contribution >= 0.6 is 0 Å². The third-order valence-electron chi connectivity index (χ3n) is 4.62. The number of rotatable bonds is 12. The van der Waals surface area contributed by atoms with Crippen LogP contribution in [0.2, 0.25) is 0 Å². The third-order valence-corrected chi connectivity index (χ3v) is 4.62. The Morgan fingerprint density at radius 1 is 0.821 bits per heavy atom. The first-order chi connectivity index (χ1) is 13.7. The van der Waals surface area contributed by atoms with Gasteiger partial charge in [-0.3, -0.25) is 4.39 Å². The maximum absolute atomic E-state index is 14.3. The van der Waals surface area contributed by atoms with Gasteiger partial charge in [-0.2, -0.15) is 4.39 Å². The molecule has 1 nitrogen and oxygen atoms in total. The summed E-state index contributed by atoms with van der Waals surface area (Å²) in [7, 11) is 0. The smallest absolute Gasteiger partial charge is 0.201 e. The Kier molecular flexibility index (Phi) is 9.67. The summed E-state index contributed by atoms with van der Waals surface area (Å²) in [4.78, 5) is 0. The van der Waals surface area contributed by atoms with Crippen molar-refractivity contribution in [3.63, 3.8) is 0 Å². The van der Waals surface area contributed by atoms with Crippen molar-refractivity contribution in [2.45, 2.75) is 51.9 Å². The van der Waals surface area contributed by atoms with E-state index in [1.807, 2.05) is 24.3 Å². The lowest BCUT2D eigenvalue weighted by molar-refractivity contribution is 0.314. The highest BCUT2D eigenvalue weighted by Gasteiger charge is 2.15. The van der Waals surface area contributed by atoms with Crippen molar-refractivity contribution in [1.82, 2.24) is 0 Å². The van der Waals surface area contributed by atoms with Crippen molar-refractivity contribution in [1.29, 1.82) is 0 Å². The Hall–Kier alpha value is -2.23. The molecular weight excluding hydrogens is 361 g/mol. The molecule has 0 saturated heterocycles. The Bertz CT molecular complexity index is 738. The minimum atomic E-state index is -0.942. The van der Waals surface area contributed by atoms with E-state index in [-0.39, 0.29) is 18.0 Å². The van der Waals surface area contributed by atoms with Gasteiger partial charge in [0.05, 0.1) is 13.3 Å². The summed E-state index contributed by atoms with van der Waals surface area (Å²) in [6, 6.07) is 10.6. The van der Waals surface area contributed by atoms with Gasteiger partial charge < -0.3 is 4.74 Å². The maximum Gasteiger partial charge on any atom is 0.201 e. The molecule has 0 N–H and O–H groups in total. The zero-order valence-corrected chi connectivity index (χ0v) is 16.5. The molecule has 4 heteroatoms. The van der Waals surface area contributed by atoms with E-state index in [0.29, 0.717) is 18.6 Å². The molecule has 0 aliphatic heterocycles. The van der Waals surface area contributed by atoms with E-state index >= 15 is 0 Å². The Morgan fingerprint density at radius 3 is 2.21 bits per heavy atom. The minimum Gasteiger partial charge on any atom is -0.491 e. The van der Waals surface area contributed by atoms with E-state index in [2.05, 4.69) is 12.2 Å². The van der Waals surface area contributed by atoms with Crippen LogP contribution in [0.3, 0.4) is 0 Å². The number of allylic oxidation sites excluding steroid dienone is 2. The lowest BCUT2D eigenvalue weighted by Crippen LogP contribution is -1.98. The molecule has 0 atom stereocenters. The van der Waals surface area contributed by atoms with Crippen LogP contribution in [0.25, 0.3) is 11.1 Å². The van der Waals surface area contributed by atoms with Gasteiger partial charge in [0.1, 0.15) is 0 Å². The van der Waals surface area contributed by atoms with E-state index in [4.69, 9.17) is 4.74 Å². The van der Waals surface area contributed by atoms with Crippen LogP contribution in [0.4, 0.5) is 13.2 Å². The van der Waals surface area contributed by atoms with Gasteiger partial charge in [0.25, 0.3) is 0 Å². The quantitative estimate of drug-likeness (QED) is 0.270. The van der Waals surface area contributed by atoms with Gasteiger partial charge in [-0.1, -0.05) is 42.8 Å². The third kappa shape index (κ3) is 6.74. The summed E-state index contributed by atoms with van der Waals surface area (Å²) in [5.41, 5.74) is 2.09. The zero-order valence-electron chi connectivity index (χ0n) is 16.5. The maximum atomic E-state index is 14.3. The van der Waals surface area contributed by atoms with Gasteiger partial charge in [-0.25, -0.2) is 4.39 Å². The van der Waals surface area contributed by atoms with Crippen molar-refractivity contribution < 1.29 is 17.9 Å². The highest BCUT2D eigenvalue weighted by molar-refractivity contribution is 5.65. The van der Waals surface area contributed by atoms with Crippen LogP contribution in [0.5, 0.6) is 5.75 Å². The van der Waals surface area contributed by atoms with Crippen molar-refractivity contribution in [2.24, 2.45) is 0 Å². The molecule has 0 aliphatic carbocycles. The van der Waals surface area contributed by atoms with E-state index in [1.165, 1.54) is 11.6 Å². The minimum absolute atomic E-state index is 0.0578. The first-order valence-corrected chi connectivity index (χ1v) is 10.1. The molecule has 0 spiro atoms. The molecule has 0 saturated carbocycles. The van der Waals surface area contributed by atoms with E-state index < -0.39 is 11.6 Å². The topological polar surface area (TPSA) is 9.23 Å². The predicted octanol–water partition coefficient (Wildman–Crippen LogP) is 7.44. The number of hydrogen-bond donors (Lipinski definition) is 0. The van der Waals surface area contributed by atoms with Crippen LogP contribution in [0.1, 0.15) is 51.0 Å². The monoisotopic (exact) mass is 390 g/mol. The fraction of sp³-hybridized carbons (Fsp3) is 0.417. The number of aryl methyl sites for hydroxylation is 1. The summed E-state index contributed by atoms with van der Waals surface area (Å²) in [5.74, 6) is -1.88. The number of hydrogen-bond acceptors (Lipinski definition) is 1. The van der Waals surface area contributed by atoms with Gasteiger partial charge >= 0.3 is 0 Å². The molecule has 0 radical (unpaired) electrons. The molecule has 0 amide bonds. The Labute approximate surface area is 166 Å². The summed E-state index contributed by atoms with van der Waals surface area (Å²) in [6.45, 7) is 1.78. The number of benzene rings is 2. The van der Waals surface area contributed by atoms with Crippen LogP contribution in [0, 0.1) is 11.6 Å². The van der Waals surface area contributed by atoms with Gasteiger partial charge in [0.2, 0.25) is 5.82 Å². The number of alkyl halides is 1. The Morgan fingerprint density at radius 2 is 1.54 bits per heavy atom. The molecule has 2 rings (SSSR count). The molecule has 0 unspecified atom stereocenters. The summed E-state index contributed by atoms with van der Waals surface area (Å²) in [5, 5.41) is 0. The number of halogens is 3. The second-order valence-electron chi connectivity index (χ2n) is 6.77. The lowest BCUT2D eigenvalue weighted by atomic mass is 10.0. The molecule has 2 aromatic carbocycles. The van der Waals surface area contributed by atoms with Crippen molar-refractivity contribution in [2.75, 3.05) is 13.3 Å². The molecule has 0 heterocycles. The average Bonchev–Trinajstić information content (AvgIpc) is 2.71. The molecule has 0 bridgehead atoms. The summed E-state index contributed by atoms with van der Waals surface area (Å²) >= 11 is 0. The zero-order chi connectivity index (χ0) is 20.2. The number of ether oxygens (including phenoxy) is 1. The second-order valence-corrected chi connectivity index (χ2v) is 6.77. The van der Waals surface area contributed by atoms with Gasteiger partial charge in [0.15, 0.2) is 11.6 Å². The van der Waals surface area contributed by atoms with Gasteiger partial charge in [-0.15, -0.1) is 0 Å². The lowest BCUT2D eigenvalue weighted by Gasteiger charge is -2.10. The molecular formula is C24H29F3O. The number of unbranched alkanes of at least 4 members (excludes halogenated alkanes) is 4. The van der Waals surface area contributed by atoms with Crippen molar-refractivity contribution >= 4 is 0 Å². The summed E-state index contributed by atoms with van der Waals surface area (Å²) < 4.78 is 45.4. The average molecular weight is 390 g/mol. The molecule has 0 fully saturated rings. The normalized spacial score (nSPS) is 11.3. The van der Waals surface area contributed by atoms with Crippen molar-refractivity contribution in [3.05, 3.63) is 65.7 Å². The largest absolute Gasteiger partial charge is 0.491 e. The van der Waals surface area contributed by atoms with Crippen LogP contribution in [-0.2, 0) is 6.42 Å². The molecule has 0 aromatic heterocycles. The van der Waals surface area contributed by atoms with E-state index in [9.17, 15) is 13.2 Å². The molecule has 2 aromatic rings. The molecule has 152 valence electrons. The SMILES string of the molecule is CCOc1ccc(-c2ccc(CCCCC/C=C/CCCF)cc2)c(F)c1F. The fourth-order valence-electron chi connectivity index (χ4n) is 3.07.